The van der Waals surface area contributed by atoms with Crippen LogP contribution < -0.4 is 0 Å². The molecule has 4 rings (SSSR count). The fraction of sp³-hybridized carbons (Fsp3) is 0.625. The molecule has 1 unspecified atom stereocenters. The van der Waals surface area contributed by atoms with Crippen LogP contribution in [-0.4, -0.2) is 57.7 Å². The van der Waals surface area contributed by atoms with Crippen LogP contribution in [0.3, 0.4) is 0 Å². The van der Waals surface area contributed by atoms with Crippen molar-refractivity contribution in [2.75, 3.05) is 19.6 Å². The maximum atomic E-state index is 13.6. The van der Waals surface area contributed by atoms with E-state index < -0.39 is 5.54 Å². The van der Waals surface area contributed by atoms with Gasteiger partial charge in [0.2, 0.25) is 5.91 Å². The Morgan fingerprint density at radius 2 is 1.70 bits per heavy atom. The van der Waals surface area contributed by atoms with Gasteiger partial charge in [-0.3, -0.25) is 14.5 Å². The van der Waals surface area contributed by atoms with Crippen molar-refractivity contribution in [3.05, 3.63) is 35.9 Å². The molecule has 1 spiro atoms. The van der Waals surface area contributed by atoms with Crippen LogP contribution in [0.5, 0.6) is 0 Å². The molecule has 4 amide bonds. The van der Waals surface area contributed by atoms with Gasteiger partial charge in [-0.2, -0.15) is 0 Å². The smallest absolute Gasteiger partial charge is 0.327 e. The Balaban J connectivity index is 1.58. The van der Waals surface area contributed by atoms with Gasteiger partial charge in [-0.1, -0.05) is 57.5 Å². The molecule has 30 heavy (non-hydrogen) atoms. The summed E-state index contributed by atoms with van der Waals surface area (Å²) in [7, 11) is 0. The molecule has 1 aliphatic carbocycles. The Kier molecular flexibility index (Phi) is 5.37. The molecule has 0 bridgehead atoms. The molecule has 2 saturated heterocycles. The molecular weight excluding hydrogens is 378 g/mol. The molecule has 3 aliphatic rings. The van der Waals surface area contributed by atoms with Crippen LogP contribution in [0.1, 0.15) is 58.4 Å². The minimum atomic E-state index is -0.832. The van der Waals surface area contributed by atoms with Crippen molar-refractivity contribution >= 4 is 17.8 Å². The van der Waals surface area contributed by atoms with Crippen molar-refractivity contribution < 1.29 is 14.4 Å². The fourth-order valence-corrected chi connectivity index (χ4v) is 4.72. The van der Waals surface area contributed by atoms with Gasteiger partial charge >= 0.3 is 6.03 Å². The third-order valence-corrected chi connectivity index (χ3v) is 7.39. The second-order valence-electron chi connectivity index (χ2n) is 9.67. The quantitative estimate of drug-likeness (QED) is 0.671. The second-order valence-corrected chi connectivity index (χ2v) is 9.67. The van der Waals surface area contributed by atoms with Crippen molar-refractivity contribution in [1.82, 2.24) is 14.7 Å². The number of benzene rings is 1. The predicted molar refractivity (Wildman–Crippen MR) is 114 cm³/mol. The summed E-state index contributed by atoms with van der Waals surface area (Å²) < 4.78 is 0. The molecule has 1 atom stereocenters. The molecule has 1 aromatic rings. The maximum absolute atomic E-state index is 13.6. The molecule has 1 aromatic carbocycles. The Morgan fingerprint density at radius 1 is 1.07 bits per heavy atom. The number of carbonyl (C=O) groups is 3. The summed E-state index contributed by atoms with van der Waals surface area (Å²) in [5.41, 5.74) is -0.0130. The summed E-state index contributed by atoms with van der Waals surface area (Å²) in [4.78, 5) is 44.9. The van der Waals surface area contributed by atoms with Gasteiger partial charge in [0.15, 0.2) is 0 Å². The molecule has 0 radical (unpaired) electrons. The third-order valence-electron chi connectivity index (χ3n) is 7.39. The van der Waals surface area contributed by atoms with E-state index in [-0.39, 0.29) is 29.2 Å². The first-order chi connectivity index (χ1) is 14.3. The van der Waals surface area contributed by atoms with Crippen LogP contribution in [0.4, 0.5) is 4.79 Å². The van der Waals surface area contributed by atoms with E-state index in [1.807, 2.05) is 42.2 Å². The van der Waals surface area contributed by atoms with Crippen molar-refractivity contribution in [1.29, 1.82) is 0 Å². The first kappa shape index (κ1) is 20.9. The van der Waals surface area contributed by atoms with Crippen LogP contribution in [0.25, 0.3) is 0 Å². The minimum Gasteiger partial charge on any atom is -0.342 e. The standard InChI is InChI=1S/C24H33N3O3/c1-4-18(2)16-26-21(29)24(27(22(26)30)17-19-8-6-5-7-9-19)12-14-25(15-13-24)20(28)23(3)10-11-23/h5-9,18H,4,10-17H2,1-3H3. The Hall–Kier alpha value is -2.37. The average Bonchev–Trinajstić information content (AvgIpc) is 3.50. The number of amides is 4. The topological polar surface area (TPSA) is 60.9 Å². The molecule has 2 aliphatic heterocycles. The van der Waals surface area contributed by atoms with Crippen LogP contribution in [0.15, 0.2) is 30.3 Å². The Bertz CT molecular complexity index is 825. The SMILES string of the molecule is CCC(C)CN1C(=O)N(Cc2ccccc2)C2(CCN(C(=O)C3(C)CC3)CC2)C1=O. The number of nitrogens with zero attached hydrogens (tertiary/aromatic N) is 3. The molecule has 6 nitrogen and oxygen atoms in total. The zero-order valence-corrected chi connectivity index (χ0v) is 18.4. The highest BCUT2D eigenvalue weighted by Gasteiger charge is 2.59. The van der Waals surface area contributed by atoms with E-state index in [1.165, 1.54) is 4.90 Å². The normalized spacial score (nSPS) is 23.2. The highest BCUT2D eigenvalue weighted by Crippen LogP contribution is 2.48. The van der Waals surface area contributed by atoms with E-state index in [1.54, 1.807) is 4.90 Å². The lowest BCUT2D eigenvalue weighted by molar-refractivity contribution is -0.144. The molecule has 2 heterocycles. The van der Waals surface area contributed by atoms with E-state index in [0.29, 0.717) is 39.0 Å². The van der Waals surface area contributed by atoms with Crippen molar-refractivity contribution in [2.24, 2.45) is 11.3 Å². The van der Waals surface area contributed by atoms with Gasteiger partial charge in [0.25, 0.3) is 5.91 Å². The van der Waals surface area contributed by atoms with Crippen molar-refractivity contribution in [3.8, 4) is 0 Å². The van der Waals surface area contributed by atoms with Gasteiger partial charge in [0, 0.05) is 31.6 Å². The fourth-order valence-electron chi connectivity index (χ4n) is 4.72. The van der Waals surface area contributed by atoms with E-state index in [2.05, 4.69) is 13.8 Å². The molecule has 0 N–H and O–H groups in total. The summed E-state index contributed by atoms with van der Waals surface area (Å²) in [5.74, 6) is 0.400. The Morgan fingerprint density at radius 3 is 2.27 bits per heavy atom. The molecular formula is C24H33N3O3. The summed E-state index contributed by atoms with van der Waals surface area (Å²) in [5, 5.41) is 0. The number of likely N-dealkylation sites (tertiary alicyclic amines) is 1. The van der Waals surface area contributed by atoms with Gasteiger partial charge in [-0.25, -0.2) is 4.79 Å². The highest BCUT2D eigenvalue weighted by atomic mass is 16.2. The van der Waals surface area contributed by atoms with Crippen molar-refractivity contribution in [2.45, 2.75) is 65.0 Å². The number of rotatable bonds is 6. The third kappa shape index (κ3) is 3.50. The molecule has 1 saturated carbocycles. The summed E-state index contributed by atoms with van der Waals surface area (Å²) in [6.07, 6.45) is 3.86. The zero-order chi connectivity index (χ0) is 21.5. The number of hydrogen-bond acceptors (Lipinski definition) is 3. The van der Waals surface area contributed by atoms with Crippen LogP contribution in [0, 0.1) is 11.3 Å². The number of imide groups is 1. The largest absolute Gasteiger partial charge is 0.342 e. The first-order valence-corrected chi connectivity index (χ1v) is 11.3. The monoisotopic (exact) mass is 411 g/mol. The lowest BCUT2D eigenvalue weighted by atomic mass is 9.85. The predicted octanol–water partition coefficient (Wildman–Crippen LogP) is 3.66. The lowest BCUT2D eigenvalue weighted by Crippen LogP contribution is -2.57. The number of piperidine rings is 1. The molecule has 162 valence electrons. The summed E-state index contributed by atoms with van der Waals surface area (Å²) >= 11 is 0. The lowest BCUT2D eigenvalue weighted by Gasteiger charge is -2.43. The molecule has 3 fully saturated rings. The molecule has 0 aromatic heterocycles. The van der Waals surface area contributed by atoms with Gasteiger partial charge < -0.3 is 9.80 Å². The second kappa shape index (κ2) is 7.71. The van der Waals surface area contributed by atoms with Gasteiger partial charge in [-0.05, 0) is 37.2 Å². The summed E-state index contributed by atoms with van der Waals surface area (Å²) in [6, 6.07) is 9.68. The van der Waals surface area contributed by atoms with Crippen molar-refractivity contribution in [3.63, 3.8) is 0 Å². The van der Waals surface area contributed by atoms with Gasteiger partial charge in [-0.15, -0.1) is 0 Å². The van der Waals surface area contributed by atoms with E-state index in [9.17, 15) is 14.4 Å². The minimum absolute atomic E-state index is 0.0755. The van der Waals surface area contributed by atoms with Crippen LogP contribution in [0.2, 0.25) is 0 Å². The van der Waals surface area contributed by atoms with Gasteiger partial charge in [0.1, 0.15) is 5.54 Å². The Labute approximate surface area is 179 Å². The van der Waals surface area contributed by atoms with Crippen LogP contribution >= 0.6 is 0 Å². The number of urea groups is 1. The average molecular weight is 412 g/mol. The van der Waals surface area contributed by atoms with E-state index in [0.717, 1.165) is 24.8 Å². The number of hydrogen-bond donors (Lipinski definition) is 0. The first-order valence-electron chi connectivity index (χ1n) is 11.3. The van der Waals surface area contributed by atoms with E-state index >= 15 is 0 Å². The highest BCUT2D eigenvalue weighted by molar-refractivity contribution is 6.07. The number of carbonyl (C=O) groups excluding carboxylic acids is 3. The summed E-state index contributed by atoms with van der Waals surface area (Å²) in [6.45, 7) is 8.14. The van der Waals surface area contributed by atoms with E-state index in [4.69, 9.17) is 0 Å². The maximum Gasteiger partial charge on any atom is 0.327 e. The molecule has 6 heteroatoms. The van der Waals surface area contributed by atoms with Gasteiger partial charge in [0.05, 0.1) is 0 Å². The van der Waals surface area contributed by atoms with Crippen LogP contribution in [-0.2, 0) is 16.1 Å². The zero-order valence-electron chi connectivity index (χ0n) is 18.4.